The number of hydrogen-bond acceptors (Lipinski definition) is 2. The summed E-state index contributed by atoms with van der Waals surface area (Å²) in [7, 11) is 0. The zero-order valence-corrected chi connectivity index (χ0v) is 15.0. The maximum Gasteiger partial charge on any atom is 0.0507 e. The molecule has 0 aliphatic carbocycles. The Kier molecular flexibility index (Phi) is 7.72. The van der Waals surface area contributed by atoms with Gasteiger partial charge in [-0.05, 0) is 50.2 Å². The van der Waals surface area contributed by atoms with Crippen molar-refractivity contribution in [1.82, 2.24) is 10.2 Å². The Morgan fingerprint density at radius 2 is 1.71 bits per heavy atom. The third-order valence-electron chi connectivity index (χ3n) is 4.75. The molecule has 0 saturated heterocycles. The summed E-state index contributed by atoms with van der Waals surface area (Å²) < 4.78 is 0. The molecule has 2 nitrogen and oxygen atoms in total. The molecule has 0 bridgehead atoms. The van der Waals surface area contributed by atoms with Crippen LogP contribution < -0.4 is 5.32 Å². The summed E-state index contributed by atoms with van der Waals surface area (Å²) in [6.45, 7) is 14.4. The molecule has 0 aliphatic heterocycles. The fraction of sp³-hybridized carbons (Fsp3) is 0.667. The van der Waals surface area contributed by atoms with Crippen molar-refractivity contribution in [1.29, 1.82) is 0 Å². The minimum absolute atomic E-state index is 0.129. The van der Waals surface area contributed by atoms with E-state index >= 15 is 0 Å². The van der Waals surface area contributed by atoms with Gasteiger partial charge in [0.25, 0.3) is 0 Å². The minimum Gasteiger partial charge on any atom is -0.309 e. The monoisotopic (exact) mass is 310 g/mol. The van der Waals surface area contributed by atoms with Gasteiger partial charge in [0.1, 0.15) is 0 Å². The van der Waals surface area contributed by atoms with Crippen LogP contribution in [-0.2, 0) is 0 Å². The van der Waals surface area contributed by atoms with Crippen molar-refractivity contribution in [2.45, 2.75) is 59.0 Å². The average Bonchev–Trinajstić information content (AvgIpc) is 2.51. The Balaban J connectivity index is 3.32. The Labute approximate surface area is 135 Å². The second kappa shape index (κ2) is 8.77. The van der Waals surface area contributed by atoms with E-state index in [4.69, 9.17) is 11.6 Å². The second-order valence-corrected chi connectivity index (χ2v) is 5.97. The summed E-state index contributed by atoms with van der Waals surface area (Å²) in [6, 6.07) is 8.61. The smallest absolute Gasteiger partial charge is 0.0507 e. The number of nitrogens with zero attached hydrogens (tertiary/aromatic N) is 1. The molecular formula is C18H31ClN2. The van der Waals surface area contributed by atoms with Crippen molar-refractivity contribution < 1.29 is 0 Å². The predicted molar refractivity (Wildman–Crippen MR) is 94.1 cm³/mol. The minimum atomic E-state index is 0.129. The highest BCUT2D eigenvalue weighted by Gasteiger charge is 2.40. The molecule has 1 atom stereocenters. The van der Waals surface area contributed by atoms with E-state index in [1.165, 1.54) is 5.56 Å². The number of nitrogens with one attached hydrogen (secondary N) is 1. The second-order valence-electron chi connectivity index (χ2n) is 5.53. The summed E-state index contributed by atoms with van der Waals surface area (Å²) >= 11 is 6.23. The van der Waals surface area contributed by atoms with Gasteiger partial charge < -0.3 is 5.32 Å². The first-order valence-electron chi connectivity index (χ1n) is 8.33. The van der Waals surface area contributed by atoms with Crippen LogP contribution in [0.3, 0.4) is 0 Å². The van der Waals surface area contributed by atoms with Crippen molar-refractivity contribution >= 4 is 11.6 Å². The molecule has 0 amide bonds. The molecule has 0 radical (unpaired) electrons. The standard InChI is InChI=1S/C18H31ClN2/c1-6-18(7-2,21(9-4)10-5)17(20-8-3)15-12-11-13-16(19)14-15/h11-14,17,20H,6-10H2,1-5H3. The summed E-state index contributed by atoms with van der Waals surface area (Å²) in [5, 5.41) is 4.53. The van der Waals surface area contributed by atoms with Gasteiger partial charge in [-0.1, -0.05) is 58.4 Å². The van der Waals surface area contributed by atoms with Crippen molar-refractivity contribution in [3.8, 4) is 0 Å². The van der Waals surface area contributed by atoms with Gasteiger partial charge in [-0.15, -0.1) is 0 Å². The van der Waals surface area contributed by atoms with E-state index in [2.05, 4.69) is 63.0 Å². The van der Waals surface area contributed by atoms with E-state index in [9.17, 15) is 0 Å². The molecule has 21 heavy (non-hydrogen) atoms. The molecule has 1 N–H and O–H groups in total. The largest absolute Gasteiger partial charge is 0.309 e. The van der Waals surface area contributed by atoms with Crippen LogP contribution in [0.15, 0.2) is 24.3 Å². The van der Waals surface area contributed by atoms with Crippen molar-refractivity contribution in [2.75, 3.05) is 19.6 Å². The van der Waals surface area contributed by atoms with Gasteiger partial charge in [0.05, 0.1) is 6.04 Å². The highest BCUT2D eigenvalue weighted by molar-refractivity contribution is 6.30. The van der Waals surface area contributed by atoms with Crippen LogP contribution in [0.5, 0.6) is 0 Å². The first-order chi connectivity index (χ1) is 10.1. The molecule has 1 aromatic rings. The molecule has 1 unspecified atom stereocenters. The third kappa shape index (κ3) is 4.00. The number of benzene rings is 1. The summed E-state index contributed by atoms with van der Waals surface area (Å²) in [5.41, 5.74) is 1.42. The van der Waals surface area contributed by atoms with Crippen LogP contribution >= 0.6 is 11.6 Å². The highest BCUT2D eigenvalue weighted by Crippen LogP contribution is 2.38. The molecule has 0 saturated carbocycles. The third-order valence-corrected chi connectivity index (χ3v) is 4.98. The summed E-state index contributed by atoms with van der Waals surface area (Å²) in [6.07, 6.45) is 2.24. The molecule has 0 aromatic heterocycles. The van der Waals surface area contributed by atoms with Gasteiger partial charge in [-0.25, -0.2) is 0 Å². The number of halogens is 1. The fourth-order valence-electron chi connectivity index (χ4n) is 3.65. The maximum atomic E-state index is 6.23. The summed E-state index contributed by atoms with van der Waals surface area (Å²) in [4.78, 5) is 2.60. The maximum absolute atomic E-state index is 6.23. The van der Waals surface area contributed by atoms with Crippen LogP contribution in [0.1, 0.15) is 59.1 Å². The molecule has 0 spiro atoms. The van der Waals surface area contributed by atoms with Gasteiger partial charge in [-0.3, -0.25) is 4.90 Å². The van der Waals surface area contributed by atoms with Crippen molar-refractivity contribution in [2.24, 2.45) is 0 Å². The highest BCUT2D eigenvalue weighted by atomic mass is 35.5. The lowest BCUT2D eigenvalue weighted by atomic mass is 9.79. The van der Waals surface area contributed by atoms with Crippen molar-refractivity contribution in [3.05, 3.63) is 34.9 Å². The lowest BCUT2D eigenvalue weighted by Gasteiger charge is -2.48. The van der Waals surface area contributed by atoms with Gasteiger partial charge in [0, 0.05) is 10.6 Å². The average molecular weight is 311 g/mol. The molecule has 0 fully saturated rings. The van der Waals surface area contributed by atoms with Crippen LogP contribution in [0.25, 0.3) is 0 Å². The van der Waals surface area contributed by atoms with E-state index in [1.54, 1.807) is 0 Å². The van der Waals surface area contributed by atoms with Crippen LogP contribution in [0, 0.1) is 0 Å². The Bertz CT molecular complexity index is 411. The van der Waals surface area contributed by atoms with Gasteiger partial charge >= 0.3 is 0 Å². The normalized spacial score (nSPS) is 13.7. The lowest BCUT2D eigenvalue weighted by molar-refractivity contribution is 0.0493. The number of likely N-dealkylation sites (N-methyl/N-ethyl adjacent to an activating group) is 2. The fourth-order valence-corrected chi connectivity index (χ4v) is 3.85. The van der Waals surface area contributed by atoms with Gasteiger partial charge in [0.15, 0.2) is 0 Å². The molecular weight excluding hydrogens is 280 g/mol. The SMILES string of the molecule is CCNC(c1cccc(Cl)c1)C(CC)(CC)N(CC)CC. The van der Waals surface area contributed by atoms with E-state index in [0.29, 0.717) is 6.04 Å². The van der Waals surface area contributed by atoms with Crippen molar-refractivity contribution in [3.63, 3.8) is 0 Å². The topological polar surface area (TPSA) is 15.3 Å². The zero-order chi connectivity index (χ0) is 15.9. The number of rotatable bonds is 9. The molecule has 0 heterocycles. The van der Waals surface area contributed by atoms with Crippen LogP contribution in [0.4, 0.5) is 0 Å². The van der Waals surface area contributed by atoms with E-state index in [-0.39, 0.29) is 5.54 Å². The zero-order valence-electron chi connectivity index (χ0n) is 14.2. The summed E-state index contributed by atoms with van der Waals surface area (Å²) in [5.74, 6) is 0. The van der Waals surface area contributed by atoms with E-state index in [0.717, 1.165) is 37.5 Å². The molecule has 0 aliphatic rings. The first kappa shape index (κ1) is 18.5. The van der Waals surface area contributed by atoms with Gasteiger partial charge in [0.2, 0.25) is 0 Å². The molecule has 120 valence electrons. The Morgan fingerprint density at radius 1 is 1.10 bits per heavy atom. The van der Waals surface area contributed by atoms with E-state index < -0.39 is 0 Å². The lowest BCUT2D eigenvalue weighted by Crippen LogP contribution is -2.56. The molecule has 1 aromatic carbocycles. The quantitative estimate of drug-likeness (QED) is 0.698. The van der Waals surface area contributed by atoms with Crippen LogP contribution in [0.2, 0.25) is 5.02 Å². The Morgan fingerprint density at radius 3 is 2.14 bits per heavy atom. The molecule has 3 heteroatoms. The number of hydrogen-bond donors (Lipinski definition) is 1. The Hall–Kier alpha value is -0.570. The van der Waals surface area contributed by atoms with Crippen LogP contribution in [-0.4, -0.2) is 30.1 Å². The molecule has 1 rings (SSSR count). The van der Waals surface area contributed by atoms with Gasteiger partial charge in [-0.2, -0.15) is 0 Å². The van der Waals surface area contributed by atoms with E-state index in [1.807, 2.05) is 6.07 Å². The predicted octanol–water partition coefficient (Wildman–Crippen LogP) is 4.89. The first-order valence-corrected chi connectivity index (χ1v) is 8.71.